The first-order valence-corrected chi connectivity index (χ1v) is 9.52. The molecule has 2 aromatic carbocycles. The van der Waals surface area contributed by atoms with E-state index in [4.69, 9.17) is 0 Å². The summed E-state index contributed by atoms with van der Waals surface area (Å²) in [6.45, 7) is 3.31. The van der Waals surface area contributed by atoms with Crippen LogP contribution in [0.2, 0.25) is 0 Å². The van der Waals surface area contributed by atoms with Crippen molar-refractivity contribution in [3.8, 4) is 0 Å². The predicted octanol–water partition coefficient (Wildman–Crippen LogP) is 2.62. The van der Waals surface area contributed by atoms with E-state index in [9.17, 15) is 23.3 Å². The topological polar surface area (TPSA) is 110 Å². The number of anilines is 2. The van der Waals surface area contributed by atoms with Crippen LogP contribution in [0.15, 0.2) is 42.5 Å². The molecule has 0 spiro atoms. The number of nitrogens with one attached hydrogen (secondary N) is 1. The number of rotatable bonds is 6. The van der Waals surface area contributed by atoms with Crippen LogP contribution >= 0.6 is 0 Å². The van der Waals surface area contributed by atoms with E-state index in [1.165, 1.54) is 24.3 Å². The quantitative estimate of drug-likeness (QED) is 0.615. The highest BCUT2D eigenvalue weighted by atomic mass is 32.2. The van der Waals surface area contributed by atoms with Crippen molar-refractivity contribution in [1.29, 1.82) is 0 Å². The molecular weight excluding hydrogens is 358 g/mol. The molecule has 26 heavy (non-hydrogen) atoms. The summed E-state index contributed by atoms with van der Waals surface area (Å²) in [5.41, 5.74) is 2.33. The van der Waals surface area contributed by atoms with Gasteiger partial charge in [-0.15, -0.1) is 0 Å². The van der Waals surface area contributed by atoms with Crippen LogP contribution in [-0.2, 0) is 14.8 Å². The van der Waals surface area contributed by atoms with Crippen molar-refractivity contribution >= 4 is 33.0 Å². The number of carbonyl (C=O) groups excluding carboxylic acids is 1. The Balaban J connectivity index is 2.23. The van der Waals surface area contributed by atoms with Gasteiger partial charge in [0.05, 0.1) is 16.9 Å². The minimum absolute atomic E-state index is 0.170. The van der Waals surface area contributed by atoms with Crippen LogP contribution < -0.4 is 9.62 Å². The lowest BCUT2D eigenvalue weighted by atomic mass is 10.1. The summed E-state index contributed by atoms with van der Waals surface area (Å²) in [4.78, 5) is 22.5. The van der Waals surface area contributed by atoms with Crippen LogP contribution in [0, 0.1) is 24.0 Å². The highest BCUT2D eigenvalue weighted by Crippen LogP contribution is 2.22. The summed E-state index contributed by atoms with van der Waals surface area (Å²) in [5.74, 6) is -0.603. The molecule has 0 unspecified atom stereocenters. The second-order valence-electron chi connectivity index (χ2n) is 5.89. The molecule has 1 N–H and O–H groups in total. The third-order valence-electron chi connectivity index (χ3n) is 3.81. The fourth-order valence-electron chi connectivity index (χ4n) is 2.31. The van der Waals surface area contributed by atoms with Crippen LogP contribution in [0.1, 0.15) is 11.1 Å². The smallest absolute Gasteiger partial charge is 0.271 e. The lowest BCUT2D eigenvalue weighted by molar-refractivity contribution is -0.384. The Morgan fingerprint density at radius 1 is 1.15 bits per heavy atom. The van der Waals surface area contributed by atoms with E-state index in [2.05, 4.69) is 5.32 Å². The SMILES string of the molecule is Cc1ccc(N(CC(=O)Nc2cccc([N+](=O)[O-])c2)S(C)(=O)=O)cc1C. The molecule has 0 radical (unpaired) electrons. The lowest BCUT2D eigenvalue weighted by Crippen LogP contribution is -2.37. The largest absolute Gasteiger partial charge is 0.324 e. The zero-order chi connectivity index (χ0) is 19.5. The van der Waals surface area contributed by atoms with Gasteiger partial charge in [0.25, 0.3) is 5.69 Å². The van der Waals surface area contributed by atoms with E-state index in [-0.39, 0.29) is 11.4 Å². The summed E-state index contributed by atoms with van der Waals surface area (Å²) in [6.07, 6.45) is 1.02. The predicted molar refractivity (Wildman–Crippen MR) is 99.8 cm³/mol. The van der Waals surface area contributed by atoms with E-state index >= 15 is 0 Å². The van der Waals surface area contributed by atoms with Crippen molar-refractivity contribution in [3.05, 3.63) is 63.7 Å². The molecule has 0 fully saturated rings. The van der Waals surface area contributed by atoms with Gasteiger partial charge in [0.1, 0.15) is 6.54 Å². The number of hydrogen-bond acceptors (Lipinski definition) is 5. The minimum Gasteiger partial charge on any atom is -0.324 e. The van der Waals surface area contributed by atoms with E-state index in [0.717, 1.165) is 21.7 Å². The van der Waals surface area contributed by atoms with E-state index in [1.54, 1.807) is 18.2 Å². The Hall–Kier alpha value is -2.94. The van der Waals surface area contributed by atoms with Crippen molar-refractivity contribution in [3.63, 3.8) is 0 Å². The number of amides is 1. The standard InChI is InChI=1S/C17H19N3O5S/c1-12-7-8-15(9-13(12)2)19(26(3,24)25)11-17(21)18-14-5-4-6-16(10-14)20(22)23/h4-10H,11H2,1-3H3,(H,18,21). The highest BCUT2D eigenvalue weighted by molar-refractivity contribution is 7.92. The summed E-state index contributed by atoms with van der Waals surface area (Å²) in [5, 5.41) is 13.3. The van der Waals surface area contributed by atoms with Gasteiger partial charge >= 0.3 is 0 Å². The Kier molecular flexibility index (Phi) is 5.61. The molecule has 1 amide bonds. The molecule has 0 aliphatic heterocycles. The zero-order valence-corrected chi connectivity index (χ0v) is 15.4. The van der Waals surface area contributed by atoms with Crippen molar-refractivity contribution in [1.82, 2.24) is 0 Å². The molecule has 9 heteroatoms. The van der Waals surface area contributed by atoms with Gasteiger partial charge in [-0.25, -0.2) is 8.42 Å². The van der Waals surface area contributed by atoms with Gasteiger partial charge in [-0.05, 0) is 43.2 Å². The fourth-order valence-corrected chi connectivity index (χ4v) is 3.16. The van der Waals surface area contributed by atoms with Gasteiger partial charge in [0.2, 0.25) is 15.9 Å². The van der Waals surface area contributed by atoms with E-state index < -0.39 is 27.4 Å². The number of nitro groups is 1. The van der Waals surface area contributed by atoms with E-state index in [1.807, 2.05) is 13.8 Å². The van der Waals surface area contributed by atoms with Crippen LogP contribution in [0.5, 0.6) is 0 Å². The normalized spacial score (nSPS) is 11.0. The molecule has 2 aromatic rings. The molecule has 0 atom stereocenters. The van der Waals surface area contributed by atoms with Crippen LogP contribution in [0.4, 0.5) is 17.1 Å². The number of benzene rings is 2. The minimum atomic E-state index is -3.69. The van der Waals surface area contributed by atoms with Crippen LogP contribution in [0.3, 0.4) is 0 Å². The molecular formula is C17H19N3O5S. The third-order valence-corrected chi connectivity index (χ3v) is 4.95. The maximum atomic E-state index is 12.3. The van der Waals surface area contributed by atoms with Gasteiger partial charge in [-0.1, -0.05) is 12.1 Å². The zero-order valence-electron chi connectivity index (χ0n) is 14.6. The number of sulfonamides is 1. The van der Waals surface area contributed by atoms with Crippen molar-refractivity contribution in [2.75, 3.05) is 22.4 Å². The molecule has 0 aliphatic rings. The second-order valence-corrected chi connectivity index (χ2v) is 7.80. The lowest BCUT2D eigenvalue weighted by Gasteiger charge is -2.22. The summed E-state index contributed by atoms with van der Waals surface area (Å²) >= 11 is 0. The van der Waals surface area contributed by atoms with Crippen molar-refractivity contribution in [2.45, 2.75) is 13.8 Å². The molecule has 138 valence electrons. The fraction of sp³-hybridized carbons (Fsp3) is 0.235. The van der Waals surface area contributed by atoms with E-state index in [0.29, 0.717) is 5.69 Å². The Labute approximate surface area is 151 Å². The van der Waals surface area contributed by atoms with Crippen molar-refractivity contribution in [2.24, 2.45) is 0 Å². The maximum Gasteiger partial charge on any atom is 0.271 e. The number of carbonyl (C=O) groups is 1. The molecule has 2 rings (SSSR count). The number of aryl methyl sites for hydroxylation is 2. The number of nitrogens with zero attached hydrogens (tertiary/aromatic N) is 2. The molecule has 8 nitrogen and oxygen atoms in total. The summed E-state index contributed by atoms with van der Waals surface area (Å²) in [6, 6.07) is 10.5. The number of nitro benzene ring substituents is 1. The number of hydrogen-bond donors (Lipinski definition) is 1. The molecule has 0 aliphatic carbocycles. The van der Waals surface area contributed by atoms with Gasteiger partial charge < -0.3 is 5.32 Å². The first kappa shape index (κ1) is 19.4. The Morgan fingerprint density at radius 3 is 2.42 bits per heavy atom. The van der Waals surface area contributed by atoms with Gasteiger partial charge in [0.15, 0.2) is 0 Å². The highest BCUT2D eigenvalue weighted by Gasteiger charge is 2.21. The molecule has 0 saturated heterocycles. The van der Waals surface area contributed by atoms with Crippen LogP contribution in [0.25, 0.3) is 0 Å². The average molecular weight is 377 g/mol. The van der Waals surface area contributed by atoms with Gasteiger partial charge in [0, 0.05) is 17.8 Å². The maximum absolute atomic E-state index is 12.3. The first-order valence-electron chi connectivity index (χ1n) is 7.67. The van der Waals surface area contributed by atoms with Gasteiger partial charge in [-0.2, -0.15) is 0 Å². The molecule has 0 heterocycles. The third kappa shape index (κ3) is 4.79. The van der Waals surface area contributed by atoms with Crippen molar-refractivity contribution < 1.29 is 18.1 Å². The Morgan fingerprint density at radius 2 is 1.85 bits per heavy atom. The molecule has 0 aromatic heterocycles. The monoisotopic (exact) mass is 377 g/mol. The first-order chi connectivity index (χ1) is 12.1. The Bertz CT molecular complexity index is 957. The number of non-ortho nitro benzene ring substituents is 1. The molecule has 0 bridgehead atoms. The second kappa shape index (κ2) is 7.52. The summed E-state index contributed by atoms with van der Waals surface area (Å²) < 4.78 is 25.2. The van der Waals surface area contributed by atoms with Gasteiger partial charge in [-0.3, -0.25) is 19.2 Å². The molecule has 0 saturated carbocycles. The summed E-state index contributed by atoms with van der Waals surface area (Å²) in [7, 11) is -3.69. The van der Waals surface area contributed by atoms with Crippen LogP contribution in [-0.4, -0.2) is 32.0 Å². The average Bonchev–Trinajstić information content (AvgIpc) is 2.54.